The van der Waals surface area contributed by atoms with Gasteiger partial charge in [0, 0.05) is 6.54 Å². The Balaban J connectivity index is 2.58. The van der Waals surface area contributed by atoms with Gasteiger partial charge in [-0.2, -0.15) is 0 Å². The van der Waals surface area contributed by atoms with Crippen LogP contribution in [-0.2, 0) is 10.0 Å². The second-order valence-corrected chi connectivity index (χ2v) is 6.22. The predicted octanol–water partition coefficient (Wildman–Crippen LogP) is 3.35. The number of hydrogen-bond donors (Lipinski definition) is 0. The molecule has 2 rings (SSSR count). The number of benzene rings is 2. The van der Waals surface area contributed by atoms with Gasteiger partial charge in [-0.15, -0.1) is 0 Å². The molecular formula is C15H16FNO2S. The highest BCUT2D eigenvalue weighted by Crippen LogP contribution is 2.27. The minimum Gasteiger partial charge on any atom is -0.266 e. The summed E-state index contributed by atoms with van der Waals surface area (Å²) in [6.45, 7) is 3.79. The smallest absolute Gasteiger partial charge is 0.266 e. The lowest BCUT2D eigenvalue weighted by Crippen LogP contribution is -2.31. The van der Waals surface area contributed by atoms with Crippen LogP contribution in [0.15, 0.2) is 53.4 Å². The maximum Gasteiger partial charge on any atom is 0.267 e. The molecule has 0 saturated heterocycles. The quantitative estimate of drug-likeness (QED) is 0.867. The largest absolute Gasteiger partial charge is 0.267 e. The maximum absolute atomic E-state index is 13.8. The summed E-state index contributed by atoms with van der Waals surface area (Å²) in [4.78, 5) is -0.301. The van der Waals surface area contributed by atoms with Gasteiger partial charge in [-0.1, -0.05) is 30.3 Å². The standard InChI is InChI=1S/C15H16FNO2S/c1-3-17(14-10-6-4-8-12(14)2)20(18,19)15-11-7-5-9-13(15)16/h4-11H,3H2,1-2H3. The fourth-order valence-electron chi connectivity index (χ4n) is 2.09. The molecule has 0 heterocycles. The average Bonchev–Trinajstić information content (AvgIpc) is 2.42. The molecule has 0 unspecified atom stereocenters. The molecule has 0 saturated carbocycles. The fourth-order valence-corrected chi connectivity index (χ4v) is 3.69. The molecule has 2 aromatic carbocycles. The van der Waals surface area contributed by atoms with Gasteiger partial charge in [-0.05, 0) is 37.6 Å². The topological polar surface area (TPSA) is 37.4 Å². The van der Waals surface area contributed by atoms with Gasteiger partial charge in [-0.3, -0.25) is 4.31 Å². The Morgan fingerprint density at radius 2 is 1.65 bits per heavy atom. The van der Waals surface area contributed by atoms with Gasteiger partial charge in [0.15, 0.2) is 0 Å². The summed E-state index contributed by atoms with van der Waals surface area (Å²) in [5, 5.41) is 0. The number of aryl methyl sites for hydroxylation is 1. The zero-order chi connectivity index (χ0) is 14.8. The van der Waals surface area contributed by atoms with Crippen LogP contribution in [0.2, 0.25) is 0 Å². The third-order valence-electron chi connectivity index (χ3n) is 3.08. The summed E-state index contributed by atoms with van der Waals surface area (Å²) in [7, 11) is -3.90. The van der Waals surface area contributed by atoms with Crippen LogP contribution in [-0.4, -0.2) is 15.0 Å². The molecule has 0 bridgehead atoms. The van der Waals surface area contributed by atoms with E-state index in [1.807, 2.05) is 19.1 Å². The van der Waals surface area contributed by atoms with Crippen LogP contribution in [0.5, 0.6) is 0 Å². The van der Waals surface area contributed by atoms with E-state index in [9.17, 15) is 12.8 Å². The summed E-state index contributed by atoms with van der Waals surface area (Å²) in [5.41, 5.74) is 1.40. The van der Waals surface area contributed by atoms with Crippen molar-refractivity contribution in [2.45, 2.75) is 18.7 Å². The maximum atomic E-state index is 13.8. The molecule has 0 aliphatic rings. The number of para-hydroxylation sites is 1. The molecule has 0 spiro atoms. The number of halogens is 1. The van der Waals surface area contributed by atoms with Gasteiger partial charge in [0.05, 0.1) is 5.69 Å². The lowest BCUT2D eigenvalue weighted by Gasteiger charge is -2.24. The van der Waals surface area contributed by atoms with Crippen molar-refractivity contribution in [3.8, 4) is 0 Å². The Hall–Kier alpha value is -1.88. The SMILES string of the molecule is CCN(c1ccccc1C)S(=O)(=O)c1ccccc1F. The van der Waals surface area contributed by atoms with E-state index in [2.05, 4.69) is 0 Å². The summed E-state index contributed by atoms with van der Waals surface area (Å²) >= 11 is 0. The van der Waals surface area contributed by atoms with E-state index in [0.717, 1.165) is 11.6 Å². The number of nitrogens with zero attached hydrogens (tertiary/aromatic N) is 1. The van der Waals surface area contributed by atoms with Crippen molar-refractivity contribution >= 4 is 15.7 Å². The van der Waals surface area contributed by atoms with Crippen molar-refractivity contribution in [2.75, 3.05) is 10.8 Å². The normalized spacial score (nSPS) is 11.3. The van der Waals surface area contributed by atoms with Gasteiger partial charge in [0.25, 0.3) is 10.0 Å². The summed E-state index contributed by atoms with van der Waals surface area (Å²) < 4.78 is 40.3. The van der Waals surface area contributed by atoms with E-state index in [0.29, 0.717) is 5.69 Å². The first-order valence-electron chi connectivity index (χ1n) is 6.31. The monoisotopic (exact) mass is 293 g/mol. The third-order valence-corrected chi connectivity index (χ3v) is 5.00. The molecule has 0 radical (unpaired) electrons. The first kappa shape index (κ1) is 14.5. The highest BCUT2D eigenvalue weighted by atomic mass is 32.2. The summed E-state index contributed by atoms with van der Waals surface area (Å²) in [5.74, 6) is -0.737. The van der Waals surface area contributed by atoms with Crippen LogP contribution in [0, 0.1) is 12.7 Å². The molecule has 0 aliphatic carbocycles. The van der Waals surface area contributed by atoms with Gasteiger partial charge in [0.1, 0.15) is 10.7 Å². The predicted molar refractivity (Wildman–Crippen MR) is 77.8 cm³/mol. The lowest BCUT2D eigenvalue weighted by atomic mass is 10.2. The zero-order valence-corrected chi connectivity index (χ0v) is 12.2. The number of hydrogen-bond acceptors (Lipinski definition) is 2. The van der Waals surface area contributed by atoms with Crippen molar-refractivity contribution in [1.82, 2.24) is 0 Å². The van der Waals surface area contributed by atoms with Gasteiger partial charge in [0.2, 0.25) is 0 Å². The van der Waals surface area contributed by atoms with Crippen LogP contribution in [0.1, 0.15) is 12.5 Å². The molecular weight excluding hydrogens is 277 g/mol. The van der Waals surface area contributed by atoms with Crippen molar-refractivity contribution in [2.24, 2.45) is 0 Å². The zero-order valence-electron chi connectivity index (χ0n) is 11.4. The molecule has 106 valence electrons. The molecule has 5 heteroatoms. The first-order valence-corrected chi connectivity index (χ1v) is 7.75. The molecule has 20 heavy (non-hydrogen) atoms. The number of anilines is 1. The Morgan fingerprint density at radius 1 is 1.05 bits per heavy atom. The van der Waals surface area contributed by atoms with Gasteiger partial charge in [-0.25, -0.2) is 12.8 Å². The highest BCUT2D eigenvalue weighted by molar-refractivity contribution is 7.92. The van der Waals surface area contributed by atoms with Gasteiger partial charge < -0.3 is 0 Å². The van der Waals surface area contributed by atoms with Crippen molar-refractivity contribution in [3.05, 3.63) is 59.9 Å². The third kappa shape index (κ3) is 2.54. The van der Waals surface area contributed by atoms with Crippen molar-refractivity contribution < 1.29 is 12.8 Å². The minimum atomic E-state index is -3.90. The van der Waals surface area contributed by atoms with E-state index in [1.165, 1.54) is 22.5 Å². The molecule has 2 aromatic rings. The Morgan fingerprint density at radius 3 is 2.25 bits per heavy atom. The van der Waals surface area contributed by atoms with Gasteiger partial charge >= 0.3 is 0 Å². The Labute approximate surface area is 118 Å². The first-order chi connectivity index (χ1) is 9.48. The minimum absolute atomic E-state index is 0.238. The summed E-state index contributed by atoms with van der Waals surface area (Å²) in [6, 6.07) is 12.6. The van der Waals surface area contributed by atoms with Crippen LogP contribution in [0.25, 0.3) is 0 Å². The molecule has 0 aromatic heterocycles. The van der Waals surface area contributed by atoms with Crippen molar-refractivity contribution in [1.29, 1.82) is 0 Å². The van der Waals surface area contributed by atoms with E-state index in [1.54, 1.807) is 19.1 Å². The lowest BCUT2D eigenvalue weighted by molar-refractivity contribution is 0.564. The van der Waals surface area contributed by atoms with E-state index < -0.39 is 15.8 Å². The Kier molecular flexibility index (Phi) is 4.09. The second-order valence-electron chi connectivity index (χ2n) is 4.39. The molecule has 0 aliphatic heterocycles. The number of rotatable bonds is 4. The van der Waals surface area contributed by atoms with E-state index in [4.69, 9.17) is 0 Å². The Bertz CT molecular complexity index is 713. The average molecular weight is 293 g/mol. The number of sulfonamides is 1. The second kappa shape index (κ2) is 5.63. The molecule has 0 atom stereocenters. The van der Waals surface area contributed by atoms with E-state index >= 15 is 0 Å². The molecule has 0 N–H and O–H groups in total. The fraction of sp³-hybridized carbons (Fsp3) is 0.200. The van der Waals surface area contributed by atoms with Crippen molar-refractivity contribution in [3.63, 3.8) is 0 Å². The van der Waals surface area contributed by atoms with Crippen LogP contribution >= 0.6 is 0 Å². The molecule has 3 nitrogen and oxygen atoms in total. The molecule has 0 fully saturated rings. The highest BCUT2D eigenvalue weighted by Gasteiger charge is 2.27. The molecule has 0 amide bonds. The van der Waals surface area contributed by atoms with Crippen LogP contribution in [0.4, 0.5) is 10.1 Å². The van der Waals surface area contributed by atoms with Crippen LogP contribution < -0.4 is 4.31 Å². The van der Waals surface area contributed by atoms with Crippen LogP contribution in [0.3, 0.4) is 0 Å². The summed E-state index contributed by atoms with van der Waals surface area (Å²) in [6.07, 6.45) is 0. The van der Waals surface area contributed by atoms with E-state index in [-0.39, 0.29) is 11.4 Å².